The third kappa shape index (κ3) is 4.21. The summed E-state index contributed by atoms with van der Waals surface area (Å²) in [7, 11) is -2.57. The van der Waals surface area contributed by atoms with E-state index >= 15 is 0 Å². The highest BCUT2D eigenvalue weighted by Gasteiger charge is 2.37. The molecule has 0 saturated heterocycles. The van der Waals surface area contributed by atoms with Crippen molar-refractivity contribution < 1.29 is 31.8 Å². The first-order valence-electron chi connectivity index (χ1n) is 9.31. The van der Waals surface area contributed by atoms with Crippen LogP contribution in [0.15, 0.2) is 58.3 Å². The molecule has 2 N–H and O–H groups in total. The lowest BCUT2D eigenvalue weighted by Crippen LogP contribution is -2.12. The number of aldehydes is 1. The van der Waals surface area contributed by atoms with Gasteiger partial charge in [-0.15, -0.1) is 10.6 Å². The summed E-state index contributed by atoms with van der Waals surface area (Å²) in [6, 6.07) is 10.4. The molecule has 0 spiro atoms. The summed E-state index contributed by atoms with van der Waals surface area (Å²) in [6.45, 7) is 0. The second kappa shape index (κ2) is 8.75. The molecule has 178 valence electrons. The van der Waals surface area contributed by atoms with Crippen LogP contribution in [0, 0.1) is 0 Å². The van der Waals surface area contributed by atoms with Crippen LogP contribution in [0.3, 0.4) is 0 Å². The van der Waals surface area contributed by atoms with E-state index in [4.69, 9.17) is 27.9 Å². The first kappa shape index (κ1) is 24.3. The Bertz CT molecular complexity index is 1410. The average Bonchev–Trinajstić information content (AvgIpc) is 3.24. The van der Waals surface area contributed by atoms with Gasteiger partial charge < -0.3 is 4.74 Å². The zero-order chi connectivity index (χ0) is 24.8. The number of carbonyl (C=O) groups is 1. The maximum Gasteiger partial charge on any atom is 0.435 e. The van der Waals surface area contributed by atoms with E-state index in [1.54, 1.807) is 0 Å². The molecule has 0 atom stereocenters. The number of ether oxygens (including phenoxy) is 1. The number of fused-ring (bicyclic) bond motifs is 1. The molecule has 0 aliphatic rings. The maximum atomic E-state index is 13.4. The molecule has 2 aromatic heterocycles. The van der Waals surface area contributed by atoms with Crippen molar-refractivity contribution in [3.05, 3.63) is 70.0 Å². The predicted octanol–water partition coefficient (Wildman–Crippen LogP) is 6.71. The number of halogens is 5. The number of alkyl halides is 3. The number of rotatable bonds is 5. The van der Waals surface area contributed by atoms with E-state index < -0.39 is 33.0 Å². The van der Waals surface area contributed by atoms with Crippen LogP contribution in [0.25, 0.3) is 16.9 Å². The molecule has 0 unspecified atom stereocenters. The van der Waals surface area contributed by atoms with E-state index in [1.165, 1.54) is 49.6 Å². The van der Waals surface area contributed by atoms with Gasteiger partial charge in [0.2, 0.25) is 0 Å². The summed E-state index contributed by atoms with van der Waals surface area (Å²) < 4.78 is 68.7. The standard InChI is InChI=1S/C21H14Cl2F3N3O4S/c1-33-12-3-5-13(6-4-12)34(31,32)20-16(10-30)27-18-9-17(21(24,25)26)28-29(18)19(20)11-2-7-14(22)15(23)8-11/h2-10,31-32H,1H3. The second-order valence-corrected chi connectivity index (χ2v) is 9.74. The van der Waals surface area contributed by atoms with E-state index in [-0.39, 0.29) is 38.1 Å². The van der Waals surface area contributed by atoms with Crippen molar-refractivity contribution in [2.24, 2.45) is 0 Å². The molecule has 7 nitrogen and oxygen atoms in total. The van der Waals surface area contributed by atoms with Gasteiger partial charge in [0.15, 0.2) is 17.6 Å². The molecule has 0 saturated carbocycles. The summed E-state index contributed by atoms with van der Waals surface area (Å²) in [6.07, 6.45) is -4.59. The second-order valence-electron chi connectivity index (χ2n) is 6.94. The molecule has 2 aromatic carbocycles. The molecule has 0 aliphatic heterocycles. The van der Waals surface area contributed by atoms with E-state index in [1.807, 2.05) is 0 Å². The van der Waals surface area contributed by atoms with Gasteiger partial charge in [-0.05, 0) is 36.4 Å². The van der Waals surface area contributed by atoms with Gasteiger partial charge in [-0.2, -0.15) is 18.3 Å². The Hall–Kier alpha value is -2.83. The quantitative estimate of drug-likeness (QED) is 0.278. The summed E-state index contributed by atoms with van der Waals surface area (Å²) >= 11 is 12.1. The number of aromatic nitrogens is 3. The SMILES string of the molecule is COc1ccc(S(O)(O)c2c(C=O)nc3cc(C(F)(F)F)nn3c2-c2ccc(Cl)c(Cl)c2)cc1. The van der Waals surface area contributed by atoms with Crippen molar-refractivity contribution in [1.29, 1.82) is 0 Å². The summed E-state index contributed by atoms with van der Waals surface area (Å²) in [4.78, 5) is 15.4. The fourth-order valence-corrected chi connectivity index (χ4v) is 5.19. The van der Waals surface area contributed by atoms with Crippen molar-refractivity contribution in [3.63, 3.8) is 0 Å². The molecule has 0 aliphatic carbocycles. The van der Waals surface area contributed by atoms with E-state index in [2.05, 4.69) is 10.1 Å². The van der Waals surface area contributed by atoms with E-state index in [0.717, 1.165) is 4.52 Å². The lowest BCUT2D eigenvalue weighted by molar-refractivity contribution is -0.141. The Morgan fingerprint density at radius 2 is 1.74 bits per heavy atom. The number of hydrogen-bond acceptors (Lipinski definition) is 6. The van der Waals surface area contributed by atoms with Crippen LogP contribution in [0.5, 0.6) is 5.75 Å². The Labute approximate surface area is 202 Å². The van der Waals surface area contributed by atoms with Crippen molar-refractivity contribution >= 4 is 45.7 Å². The van der Waals surface area contributed by atoms with E-state index in [9.17, 15) is 27.1 Å². The normalized spacial score (nSPS) is 12.7. The predicted molar refractivity (Wildman–Crippen MR) is 121 cm³/mol. The molecule has 4 rings (SSSR count). The Kier molecular flexibility index (Phi) is 6.25. The zero-order valence-electron chi connectivity index (χ0n) is 17.0. The monoisotopic (exact) mass is 531 g/mol. The number of nitrogens with zero attached hydrogens (tertiary/aromatic N) is 3. The van der Waals surface area contributed by atoms with Gasteiger partial charge in [-0.1, -0.05) is 29.3 Å². The van der Waals surface area contributed by atoms with Crippen LogP contribution in [-0.2, 0) is 6.18 Å². The summed E-state index contributed by atoms with van der Waals surface area (Å²) in [5, 5.41) is 3.80. The van der Waals surface area contributed by atoms with Crippen molar-refractivity contribution in [1.82, 2.24) is 14.6 Å². The third-order valence-corrected chi connectivity index (χ3v) is 7.49. The van der Waals surface area contributed by atoms with Crippen LogP contribution in [-0.4, -0.2) is 37.1 Å². The van der Waals surface area contributed by atoms with Crippen molar-refractivity contribution in [2.45, 2.75) is 16.0 Å². The molecule has 0 radical (unpaired) electrons. The van der Waals surface area contributed by atoms with Gasteiger partial charge in [0.05, 0.1) is 22.1 Å². The lowest BCUT2D eigenvalue weighted by Gasteiger charge is -2.35. The number of benzene rings is 2. The van der Waals surface area contributed by atoms with Gasteiger partial charge in [0.25, 0.3) is 0 Å². The molecule has 34 heavy (non-hydrogen) atoms. The van der Waals surface area contributed by atoms with Gasteiger partial charge in [0, 0.05) is 11.6 Å². The molecule has 2 heterocycles. The topological polar surface area (TPSA) is 96.9 Å². The summed E-state index contributed by atoms with van der Waals surface area (Å²) in [5.41, 5.74) is -2.17. The molecule has 0 amide bonds. The van der Waals surface area contributed by atoms with Gasteiger partial charge in [-0.25, -0.2) is 9.50 Å². The lowest BCUT2D eigenvalue weighted by atomic mass is 10.1. The molecule has 13 heteroatoms. The molecule has 4 aromatic rings. The highest BCUT2D eigenvalue weighted by Crippen LogP contribution is 2.59. The Balaban J connectivity index is 2.12. The van der Waals surface area contributed by atoms with Crippen LogP contribution in [0.4, 0.5) is 13.2 Å². The first-order chi connectivity index (χ1) is 16.0. The van der Waals surface area contributed by atoms with Crippen molar-refractivity contribution in [3.8, 4) is 17.0 Å². The molecule has 0 fully saturated rings. The largest absolute Gasteiger partial charge is 0.497 e. The van der Waals surface area contributed by atoms with Crippen LogP contribution in [0.1, 0.15) is 16.2 Å². The van der Waals surface area contributed by atoms with Crippen molar-refractivity contribution in [2.75, 3.05) is 7.11 Å². The minimum Gasteiger partial charge on any atom is -0.497 e. The fraction of sp³-hybridized carbons (Fsp3) is 0.0952. The Morgan fingerprint density at radius 1 is 1.06 bits per heavy atom. The minimum atomic E-state index is -4.82. The highest BCUT2D eigenvalue weighted by atomic mass is 35.5. The van der Waals surface area contributed by atoms with Gasteiger partial charge in [0.1, 0.15) is 22.0 Å². The number of methoxy groups -OCH3 is 1. The smallest absolute Gasteiger partial charge is 0.435 e. The summed E-state index contributed by atoms with van der Waals surface area (Å²) in [5.74, 6) is 0.426. The van der Waals surface area contributed by atoms with Gasteiger partial charge in [-0.3, -0.25) is 13.9 Å². The third-order valence-electron chi connectivity index (χ3n) is 4.85. The molecular weight excluding hydrogens is 518 g/mol. The minimum absolute atomic E-state index is 0.0259. The van der Waals surface area contributed by atoms with Gasteiger partial charge >= 0.3 is 6.18 Å². The first-order valence-corrected chi connectivity index (χ1v) is 11.6. The number of carbonyl (C=O) groups excluding carboxylic acids is 1. The zero-order valence-corrected chi connectivity index (χ0v) is 19.4. The maximum absolute atomic E-state index is 13.4. The van der Waals surface area contributed by atoms with E-state index in [0.29, 0.717) is 11.8 Å². The van der Waals surface area contributed by atoms with Crippen LogP contribution >= 0.6 is 33.8 Å². The molecule has 0 bridgehead atoms. The fourth-order valence-electron chi connectivity index (χ4n) is 3.29. The van der Waals surface area contributed by atoms with Crippen LogP contribution < -0.4 is 4.74 Å². The molecular formula is C21H14Cl2F3N3O4S. The van der Waals surface area contributed by atoms with Crippen LogP contribution in [0.2, 0.25) is 10.0 Å². The highest BCUT2D eigenvalue weighted by molar-refractivity contribution is 8.24. The average molecular weight is 532 g/mol. The number of hydrogen-bond donors (Lipinski definition) is 2. The Morgan fingerprint density at radius 3 is 2.29 bits per heavy atom.